The molecule has 3 heterocycles. The quantitative estimate of drug-likeness (QED) is 0.858. The van der Waals surface area contributed by atoms with Gasteiger partial charge in [-0.25, -0.2) is 4.79 Å². The second-order valence-corrected chi connectivity index (χ2v) is 5.60. The Hall–Kier alpha value is -2.68. The molecule has 1 fully saturated rings. The molecule has 0 aliphatic carbocycles. The molecule has 3 rings (SSSR count). The minimum atomic E-state index is -1.07. The summed E-state index contributed by atoms with van der Waals surface area (Å²) in [5.41, 5.74) is 0.697. The minimum absolute atomic E-state index is 0.0443. The Bertz CT molecular complexity index is 711. The van der Waals surface area contributed by atoms with Crippen molar-refractivity contribution in [3.05, 3.63) is 24.5 Å². The molecule has 2 aromatic heterocycles. The standard InChI is InChI=1S/C15H17N3O6/c1-9-6-18(7-11(23-9)15(20)21)13(19)3-2-12-16-14(17-24-12)10-4-5-22-8-10/h4-5,8-9,11H,2-3,6-7H2,1H3,(H,20,21)/t9-,11?/m1/s1. The summed E-state index contributed by atoms with van der Waals surface area (Å²) in [6, 6.07) is 1.71. The Morgan fingerprint density at radius 2 is 2.25 bits per heavy atom. The van der Waals surface area contributed by atoms with Crippen LogP contribution in [0.2, 0.25) is 0 Å². The summed E-state index contributed by atoms with van der Waals surface area (Å²) in [5.74, 6) is -0.492. The number of carboxylic acids is 1. The van der Waals surface area contributed by atoms with E-state index in [-0.39, 0.29) is 31.4 Å². The van der Waals surface area contributed by atoms with Crippen LogP contribution in [0, 0.1) is 0 Å². The number of morpholine rings is 1. The first-order valence-electron chi connectivity index (χ1n) is 7.54. The fourth-order valence-corrected chi connectivity index (χ4v) is 2.53. The van der Waals surface area contributed by atoms with Crippen molar-refractivity contribution >= 4 is 11.9 Å². The molecular weight excluding hydrogens is 318 g/mol. The molecule has 1 unspecified atom stereocenters. The fraction of sp³-hybridized carbons (Fsp3) is 0.467. The summed E-state index contributed by atoms with van der Waals surface area (Å²) in [5, 5.41) is 12.9. The van der Waals surface area contributed by atoms with Gasteiger partial charge in [-0.3, -0.25) is 4.79 Å². The summed E-state index contributed by atoms with van der Waals surface area (Å²) in [7, 11) is 0. The number of aromatic nitrogens is 2. The molecule has 1 saturated heterocycles. The van der Waals surface area contributed by atoms with Gasteiger partial charge in [0.2, 0.25) is 17.6 Å². The summed E-state index contributed by atoms with van der Waals surface area (Å²) < 4.78 is 15.4. The lowest BCUT2D eigenvalue weighted by atomic mass is 10.2. The highest BCUT2D eigenvalue weighted by Crippen LogP contribution is 2.17. The summed E-state index contributed by atoms with van der Waals surface area (Å²) in [4.78, 5) is 29.1. The Labute approximate surface area is 137 Å². The molecule has 0 saturated carbocycles. The van der Waals surface area contributed by atoms with Crippen LogP contribution in [0.15, 0.2) is 27.5 Å². The molecule has 2 aromatic rings. The summed E-state index contributed by atoms with van der Waals surface area (Å²) >= 11 is 0. The number of rotatable bonds is 5. The largest absolute Gasteiger partial charge is 0.479 e. The SMILES string of the molecule is C[C@@H]1CN(C(=O)CCc2nc(-c3ccoc3)no2)CC(C(=O)O)O1. The van der Waals surface area contributed by atoms with Gasteiger partial charge in [0.25, 0.3) is 0 Å². The zero-order chi connectivity index (χ0) is 17.1. The molecule has 1 aliphatic rings. The third-order valence-electron chi connectivity index (χ3n) is 3.69. The number of furan rings is 1. The van der Waals surface area contributed by atoms with Gasteiger partial charge in [0.05, 0.1) is 24.5 Å². The number of hydrogen-bond donors (Lipinski definition) is 1. The number of nitrogens with zero attached hydrogens (tertiary/aromatic N) is 3. The van der Waals surface area contributed by atoms with Gasteiger partial charge < -0.3 is 23.7 Å². The van der Waals surface area contributed by atoms with Gasteiger partial charge in [0.1, 0.15) is 6.26 Å². The molecule has 0 radical (unpaired) electrons. The summed E-state index contributed by atoms with van der Waals surface area (Å²) in [6.45, 7) is 2.15. The first-order valence-corrected chi connectivity index (χ1v) is 7.54. The Morgan fingerprint density at radius 1 is 1.42 bits per heavy atom. The highest BCUT2D eigenvalue weighted by molar-refractivity contribution is 5.78. The monoisotopic (exact) mass is 335 g/mol. The Balaban J connectivity index is 1.56. The zero-order valence-electron chi connectivity index (χ0n) is 13.0. The molecule has 0 bridgehead atoms. The van der Waals surface area contributed by atoms with Gasteiger partial charge in [-0.2, -0.15) is 4.98 Å². The Morgan fingerprint density at radius 3 is 2.96 bits per heavy atom. The maximum Gasteiger partial charge on any atom is 0.334 e. The van der Waals surface area contributed by atoms with Crippen molar-refractivity contribution in [3.8, 4) is 11.4 Å². The lowest BCUT2D eigenvalue weighted by molar-refractivity contribution is -0.166. The second-order valence-electron chi connectivity index (χ2n) is 5.60. The molecule has 24 heavy (non-hydrogen) atoms. The number of aryl methyl sites for hydroxylation is 1. The van der Waals surface area contributed by atoms with Crippen LogP contribution in [-0.4, -0.2) is 57.3 Å². The second kappa shape index (κ2) is 6.83. The Kier molecular flexibility index (Phi) is 4.61. The number of carbonyl (C=O) groups excluding carboxylic acids is 1. The molecular formula is C15H17N3O6. The van der Waals surface area contributed by atoms with Crippen molar-refractivity contribution < 1.29 is 28.4 Å². The maximum absolute atomic E-state index is 12.3. The van der Waals surface area contributed by atoms with E-state index in [9.17, 15) is 9.59 Å². The number of carboxylic acid groups (broad SMARTS) is 1. The van der Waals surface area contributed by atoms with E-state index >= 15 is 0 Å². The number of hydrogen-bond acceptors (Lipinski definition) is 7. The summed E-state index contributed by atoms with van der Waals surface area (Å²) in [6.07, 6.45) is 2.14. The highest BCUT2D eigenvalue weighted by Gasteiger charge is 2.32. The predicted molar refractivity (Wildman–Crippen MR) is 78.9 cm³/mol. The smallest absolute Gasteiger partial charge is 0.334 e. The van der Waals surface area contributed by atoms with E-state index in [0.29, 0.717) is 23.8 Å². The van der Waals surface area contributed by atoms with Gasteiger partial charge in [-0.1, -0.05) is 5.16 Å². The van der Waals surface area contributed by atoms with E-state index in [2.05, 4.69) is 10.1 Å². The number of amides is 1. The van der Waals surface area contributed by atoms with Crippen molar-refractivity contribution in [1.82, 2.24) is 15.0 Å². The lowest BCUT2D eigenvalue weighted by Crippen LogP contribution is -2.51. The van der Waals surface area contributed by atoms with Crippen LogP contribution in [-0.2, 0) is 20.7 Å². The van der Waals surface area contributed by atoms with Crippen LogP contribution in [0.1, 0.15) is 19.2 Å². The number of carbonyl (C=O) groups is 2. The van der Waals surface area contributed by atoms with Crippen molar-refractivity contribution in [2.45, 2.75) is 32.0 Å². The molecule has 9 heteroatoms. The third kappa shape index (κ3) is 3.62. The van der Waals surface area contributed by atoms with Crippen molar-refractivity contribution in [2.24, 2.45) is 0 Å². The van der Waals surface area contributed by atoms with E-state index in [4.69, 9.17) is 18.8 Å². The van der Waals surface area contributed by atoms with Crippen LogP contribution < -0.4 is 0 Å². The van der Waals surface area contributed by atoms with Crippen molar-refractivity contribution in [2.75, 3.05) is 13.1 Å². The average molecular weight is 335 g/mol. The topological polar surface area (TPSA) is 119 Å². The molecule has 1 amide bonds. The van der Waals surface area contributed by atoms with E-state index in [1.807, 2.05) is 0 Å². The van der Waals surface area contributed by atoms with E-state index in [0.717, 1.165) is 0 Å². The van der Waals surface area contributed by atoms with Crippen molar-refractivity contribution in [3.63, 3.8) is 0 Å². The first-order chi connectivity index (χ1) is 11.5. The zero-order valence-corrected chi connectivity index (χ0v) is 13.0. The average Bonchev–Trinajstić information content (AvgIpc) is 3.23. The molecule has 1 N–H and O–H groups in total. The van der Waals surface area contributed by atoms with Crippen LogP contribution in [0.5, 0.6) is 0 Å². The van der Waals surface area contributed by atoms with Gasteiger partial charge in [0.15, 0.2) is 6.10 Å². The minimum Gasteiger partial charge on any atom is -0.479 e. The molecule has 0 aromatic carbocycles. The van der Waals surface area contributed by atoms with E-state index in [1.165, 1.54) is 17.4 Å². The van der Waals surface area contributed by atoms with Gasteiger partial charge >= 0.3 is 5.97 Å². The highest BCUT2D eigenvalue weighted by atomic mass is 16.5. The van der Waals surface area contributed by atoms with Crippen LogP contribution in [0.4, 0.5) is 0 Å². The van der Waals surface area contributed by atoms with E-state index in [1.54, 1.807) is 13.0 Å². The lowest BCUT2D eigenvalue weighted by Gasteiger charge is -2.34. The predicted octanol–water partition coefficient (Wildman–Crippen LogP) is 0.963. The van der Waals surface area contributed by atoms with Crippen LogP contribution >= 0.6 is 0 Å². The third-order valence-corrected chi connectivity index (χ3v) is 3.69. The van der Waals surface area contributed by atoms with Gasteiger partial charge in [-0.05, 0) is 13.0 Å². The number of aliphatic carboxylic acids is 1. The molecule has 9 nitrogen and oxygen atoms in total. The van der Waals surface area contributed by atoms with Crippen LogP contribution in [0.25, 0.3) is 11.4 Å². The molecule has 1 aliphatic heterocycles. The first kappa shape index (κ1) is 16.2. The number of ether oxygens (including phenoxy) is 1. The fourth-order valence-electron chi connectivity index (χ4n) is 2.53. The van der Waals surface area contributed by atoms with Crippen molar-refractivity contribution in [1.29, 1.82) is 0 Å². The van der Waals surface area contributed by atoms with E-state index < -0.39 is 12.1 Å². The molecule has 0 spiro atoms. The van der Waals surface area contributed by atoms with Gasteiger partial charge in [0, 0.05) is 19.4 Å². The van der Waals surface area contributed by atoms with Crippen LogP contribution in [0.3, 0.4) is 0 Å². The van der Waals surface area contributed by atoms with Gasteiger partial charge in [-0.15, -0.1) is 0 Å². The molecule has 2 atom stereocenters. The normalized spacial score (nSPS) is 21.0. The maximum atomic E-state index is 12.3. The molecule has 128 valence electrons.